The van der Waals surface area contributed by atoms with Crippen LogP contribution in [0.3, 0.4) is 0 Å². The second-order valence-electron chi connectivity index (χ2n) is 12.3. The lowest BCUT2D eigenvalue weighted by Crippen LogP contribution is -2.15. The van der Waals surface area contributed by atoms with Gasteiger partial charge in [-0.3, -0.25) is 9.59 Å². The molecule has 3 heteroatoms. The number of unbranched alkanes of at least 4 members (excludes halogenated alkanes) is 23. The maximum atomic E-state index is 12.1. The minimum atomic E-state index is -0.352. The fourth-order valence-electron chi connectivity index (χ4n) is 5.61. The van der Waals surface area contributed by atoms with Crippen molar-refractivity contribution in [2.24, 2.45) is 5.92 Å². The summed E-state index contributed by atoms with van der Waals surface area (Å²) in [7, 11) is 0. The summed E-state index contributed by atoms with van der Waals surface area (Å²) in [6.45, 7) is 4.41. The molecule has 1 unspecified atom stereocenters. The van der Waals surface area contributed by atoms with Crippen LogP contribution in [0, 0.1) is 5.92 Å². The van der Waals surface area contributed by atoms with Crippen molar-refractivity contribution in [1.82, 2.24) is 0 Å². The van der Waals surface area contributed by atoms with E-state index >= 15 is 0 Å². The molecule has 39 heavy (non-hydrogen) atoms. The SMILES string of the molecule is CCCCCCCCCCCCCC(=O)CCCCCCCCCCCCCCC(C=O)C(=O)CCCCC. The molecule has 3 nitrogen and oxygen atoms in total. The number of aldehydes is 1. The van der Waals surface area contributed by atoms with Gasteiger partial charge in [-0.25, -0.2) is 0 Å². The number of carbonyl (C=O) groups excluding carboxylic acids is 3. The van der Waals surface area contributed by atoms with Gasteiger partial charge in [-0.2, -0.15) is 0 Å². The first-order valence-corrected chi connectivity index (χ1v) is 17.6. The van der Waals surface area contributed by atoms with Crippen LogP contribution < -0.4 is 0 Å². The van der Waals surface area contributed by atoms with Gasteiger partial charge in [0.05, 0.1) is 5.92 Å². The molecule has 0 spiro atoms. The van der Waals surface area contributed by atoms with Crippen molar-refractivity contribution in [3.05, 3.63) is 0 Å². The molecule has 0 saturated carbocycles. The molecule has 0 aromatic carbocycles. The standard InChI is InChI=1S/C36H68O3/c1-3-5-7-8-9-10-13-17-20-23-27-30-35(38)31-28-24-21-18-15-12-11-14-16-19-22-26-29-34(33-37)36(39)32-25-6-4-2/h33-34H,3-32H2,1-2H3. The number of hydrogen-bond acceptors (Lipinski definition) is 3. The Balaban J connectivity index is 3.32. The van der Waals surface area contributed by atoms with Gasteiger partial charge < -0.3 is 4.79 Å². The predicted octanol–water partition coefficient (Wildman–Crippen LogP) is 11.7. The largest absolute Gasteiger partial charge is 0.303 e. The summed E-state index contributed by atoms with van der Waals surface area (Å²) in [5.41, 5.74) is 0. The molecule has 0 saturated heterocycles. The maximum absolute atomic E-state index is 12.1. The first-order valence-electron chi connectivity index (χ1n) is 17.6. The van der Waals surface area contributed by atoms with Crippen molar-refractivity contribution < 1.29 is 14.4 Å². The van der Waals surface area contributed by atoms with Crippen LogP contribution in [0.15, 0.2) is 0 Å². The van der Waals surface area contributed by atoms with Gasteiger partial charge >= 0.3 is 0 Å². The third kappa shape index (κ3) is 28.3. The fourth-order valence-corrected chi connectivity index (χ4v) is 5.61. The Morgan fingerprint density at radius 3 is 1.13 bits per heavy atom. The van der Waals surface area contributed by atoms with E-state index in [0.29, 0.717) is 12.2 Å². The number of hydrogen-bond donors (Lipinski definition) is 0. The monoisotopic (exact) mass is 549 g/mol. The van der Waals surface area contributed by atoms with Crippen molar-refractivity contribution in [3.8, 4) is 0 Å². The average molecular weight is 549 g/mol. The summed E-state index contributed by atoms with van der Waals surface area (Å²) in [5.74, 6) is 0.296. The molecular weight excluding hydrogens is 480 g/mol. The van der Waals surface area contributed by atoms with E-state index in [0.717, 1.165) is 70.5 Å². The highest BCUT2D eigenvalue weighted by Crippen LogP contribution is 2.17. The van der Waals surface area contributed by atoms with E-state index in [2.05, 4.69) is 13.8 Å². The number of Topliss-reactive ketones (excluding diaryl/α,β-unsaturated/α-hetero) is 2. The molecular formula is C36H68O3. The molecule has 0 aliphatic rings. The van der Waals surface area contributed by atoms with E-state index in [-0.39, 0.29) is 11.7 Å². The molecule has 230 valence electrons. The molecule has 0 rings (SSSR count). The molecule has 0 bridgehead atoms. The molecule has 0 aliphatic carbocycles. The van der Waals surface area contributed by atoms with Gasteiger partial charge in [-0.1, -0.05) is 162 Å². The van der Waals surface area contributed by atoms with Crippen molar-refractivity contribution >= 4 is 17.9 Å². The Hall–Kier alpha value is -0.990. The van der Waals surface area contributed by atoms with Crippen LogP contribution in [-0.2, 0) is 14.4 Å². The predicted molar refractivity (Wildman–Crippen MR) is 169 cm³/mol. The third-order valence-corrected chi connectivity index (χ3v) is 8.38. The first-order chi connectivity index (χ1) is 19.2. The zero-order chi connectivity index (χ0) is 28.7. The van der Waals surface area contributed by atoms with E-state index < -0.39 is 0 Å². The van der Waals surface area contributed by atoms with Crippen LogP contribution >= 0.6 is 0 Å². The number of rotatable bonds is 33. The van der Waals surface area contributed by atoms with E-state index in [1.54, 1.807) is 0 Å². The summed E-state index contributed by atoms with van der Waals surface area (Å²) in [5, 5.41) is 0. The molecule has 0 radical (unpaired) electrons. The van der Waals surface area contributed by atoms with Gasteiger partial charge in [0.15, 0.2) is 0 Å². The Labute approximate surface area is 244 Å². The van der Waals surface area contributed by atoms with Gasteiger partial charge in [-0.15, -0.1) is 0 Å². The van der Waals surface area contributed by atoms with Crippen molar-refractivity contribution in [1.29, 1.82) is 0 Å². The van der Waals surface area contributed by atoms with Crippen LogP contribution in [0.25, 0.3) is 0 Å². The molecule has 0 fully saturated rings. The van der Waals surface area contributed by atoms with Crippen molar-refractivity contribution in [2.75, 3.05) is 0 Å². The molecule has 0 aliphatic heterocycles. The summed E-state index contributed by atoms with van der Waals surface area (Å²) >= 11 is 0. The maximum Gasteiger partial charge on any atom is 0.143 e. The van der Waals surface area contributed by atoms with Crippen LogP contribution in [0.2, 0.25) is 0 Å². The minimum Gasteiger partial charge on any atom is -0.303 e. The van der Waals surface area contributed by atoms with Gasteiger partial charge in [0, 0.05) is 19.3 Å². The summed E-state index contributed by atoms with van der Waals surface area (Å²) in [4.78, 5) is 35.4. The van der Waals surface area contributed by atoms with Crippen molar-refractivity contribution in [3.63, 3.8) is 0 Å². The van der Waals surface area contributed by atoms with Gasteiger partial charge in [0.25, 0.3) is 0 Å². The quantitative estimate of drug-likeness (QED) is 0.0465. The van der Waals surface area contributed by atoms with E-state index in [4.69, 9.17) is 0 Å². The van der Waals surface area contributed by atoms with Crippen LogP contribution in [0.1, 0.15) is 206 Å². The highest BCUT2D eigenvalue weighted by Gasteiger charge is 2.16. The molecule has 0 aromatic rings. The molecule has 0 N–H and O–H groups in total. The highest BCUT2D eigenvalue weighted by molar-refractivity contribution is 5.93. The summed E-state index contributed by atoms with van der Waals surface area (Å²) in [6.07, 6.45) is 36.5. The van der Waals surface area contributed by atoms with Gasteiger partial charge in [-0.05, 0) is 25.7 Å². The molecule has 0 aromatic heterocycles. The van der Waals surface area contributed by atoms with E-state index in [1.807, 2.05) is 0 Å². The van der Waals surface area contributed by atoms with Gasteiger partial charge in [0.2, 0.25) is 0 Å². The second kappa shape index (κ2) is 31.5. The van der Waals surface area contributed by atoms with E-state index in [9.17, 15) is 14.4 Å². The normalized spacial score (nSPS) is 12.1. The minimum absolute atomic E-state index is 0.157. The Kier molecular flexibility index (Phi) is 30.7. The van der Waals surface area contributed by atoms with Crippen molar-refractivity contribution in [2.45, 2.75) is 206 Å². The summed E-state index contributed by atoms with van der Waals surface area (Å²) < 4.78 is 0. The van der Waals surface area contributed by atoms with Crippen LogP contribution in [0.5, 0.6) is 0 Å². The van der Waals surface area contributed by atoms with Gasteiger partial charge in [0.1, 0.15) is 17.9 Å². The molecule has 0 amide bonds. The van der Waals surface area contributed by atoms with Crippen LogP contribution in [-0.4, -0.2) is 17.9 Å². The zero-order valence-electron chi connectivity index (χ0n) is 26.6. The third-order valence-electron chi connectivity index (χ3n) is 8.38. The Bertz CT molecular complexity index is 541. The smallest absolute Gasteiger partial charge is 0.143 e. The lowest BCUT2D eigenvalue weighted by Gasteiger charge is -2.09. The first kappa shape index (κ1) is 38.0. The molecule has 0 heterocycles. The lowest BCUT2D eigenvalue weighted by atomic mass is 9.94. The topological polar surface area (TPSA) is 51.2 Å². The van der Waals surface area contributed by atoms with Crippen LogP contribution in [0.4, 0.5) is 0 Å². The highest BCUT2D eigenvalue weighted by atomic mass is 16.1. The summed E-state index contributed by atoms with van der Waals surface area (Å²) in [6, 6.07) is 0. The fraction of sp³-hybridized carbons (Fsp3) is 0.917. The zero-order valence-corrected chi connectivity index (χ0v) is 26.6. The molecule has 1 atom stereocenters. The van der Waals surface area contributed by atoms with E-state index in [1.165, 1.54) is 122 Å². The lowest BCUT2D eigenvalue weighted by molar-refractivity contribution is -0.127. The number of ketones is 2. The average Bonchev–Trinajstić information content (AvgIpc) is 2.94. The Morgan fingerprint density at radius 2 is 0.744 bits per heavy atom. The number of carbonyl (C=O) groups is 3. The Morgan fingerprint density at radius 1 is 0.436 bits per heavy atom. The second-order valence-corrected chi connectivity index (χ2v) is 12.3.